The summed E-state index contributed by atoms with van der Waals surface area (Å²) in [7, 11) is 0. The maximum absolute atomic E-state index is 2.45. The fraction of sp³-hybridized carbons (Fsp3) is 0. The number of rotatable bonds is 3. The largest absolute Gasteiger partial charge is 0.309 e. The zero-order chi connectivity index (χ0) is 32.1. The second kappa shape index (κ2) is 10.2. The molecule has 0 atom stereocenters. The van der Waals surface area contributed by atoms with Crippen LogP contribution in [-0.4, -0.2) is 9.13 Å². The van der Waals surface area contributed by atoms with Crippen molar-refractivity contribution in [3.8, 4) is 33.6 Å². The van der Waals surface area contributed by atoms with Gasteiger partial charge >= 0.3 is 0 Å². The third-order valence-corrected chi connectivity index (χ3v) is 11.4. The molecule has 2 nitrogen and oxygen atoms in total. The van der Waals surface area contributed by atoms with Crippen LogP contribution < -0.4 is 0 Å². The summed E-state index contributed by atoms with van der Waals surface area (Å²) >= 11 is 1.89. The van der Waals surface area contributed by atoms with Crippen molar-refractivity contribution in [2.75, 3.05) is 0 Å². The zero-order valence-electron chi connectivity index (χ0n) is 26.5. The lowest BCUT2D eigenvalue weighted by Crippen LogP contribution is -1.97. The average molecular weight is 641 g/mol. The molecule has 8 aromatic carbocycles. The number of hydrogen-bond donors (Lipinski definition) is 0. The highest BCUT2D eigenvalue weighted by atomic mass is 32.2. The fourth-order valence-electron chi connectivity index (χ4n) is 8.19. The van der Waals surface area contributed by atoms with Crippen LogP contribution in [0.2, 0.25) is 0 Å². The van der Waals surface area contributed by atoms with Crippen molar-refractivity contribution in [3.63, 3.8) is 0 Å². The lowest BCUT2D eigenvalue weighted by atomic mass is 9.92. The van der Waals surface area contributed by atoms with Gasteiger partial charge in [-0.2, -0.15) is 0 Å². The lowest BCUT2D eigenvalue weighted by Gasteiger charge is -2.22. The summed E-state index contributed by atoms with van der Waals surface area (Å²) in [6.07, 6.45) is 0. The molecule has 0 N–H and O–H groups in total. The second-order valence-electron chi connectivity index (χ2n) is 12.9. The van der Waals surface area contributed by atoms with E-state index < -0.39 is 0 Å². The van der Waals surface area contributed by atoms with Crippen molar-refractivity contribution < 1.29 is 0 Å². The molecule has 228 valence electrons. The molecule has 49 heavy (non-hydrogen) atoms. The average Bonchev–Trinajstić information content (AvgIpc) is 3.68. The third-order valence-electron chi connectivity index (χ3n) is 10.3. The van der Waals surface area contributed by atoms with Crippen LogP contribution in [0.4, 0.5) is 0 Å². The van der Waals surface area contributed by atoms with E-state index >= 15 is 0 Å². The monoisotopic (exact) mass is 640 g/mol. The van der Waals surface area contributed by atoms with Gasteiger partial charge in [-0.15, -0.1) is 0 Å². The van der Waals surface area contributed by atoms with Crippen LogP contribution in [0.15, 0.2) is 180 Å². The molecular weight excluding hydrogens is 613 g/mol. The molecule has 1 aliphatic rings. The van der Waals surface area contributed by atoms with Crippen molar-refractivity contribution >= 4 is 66.1 Å². The highest BCUT2D eigenvalue weighted by molar-refractivity contribution is 7.99. The maximum Gasteiger partial charge on any atom is 0.0553 e. The van der Waals surface area contributed by atoms with Crippen LogP contribution in [0.5, 0.6) is 0 Å². The molecule has 3 heterocycles. The molecule has 0 saturated heterocycles. The van der Waals surface area contributed by atoms with Crippen LogP contribution in [0.3, 0.4) is 0 Å². The Morgan fingerprint density at radius 1 is 0.327 bits per heavy atom. The summed E-state index contributed by atoms with van der Waals surface area (Å²) in [6, 6.07) is 62.4. The van der Waals surface area contributed by atoms with Gasteiger partial charge in [-0.05, 0) is 94.4 Å². The first-order valence-electron chi connectivity index (χ1n) is 16.8. The van der Waals surface area contributed by atoms with E-state index in [-0.39, 0.29) is 0 Å². The van der Waals surface area contributed by atoms with E-state index in [2.05, 4.69) is 179 Å². The van der Waals surface area contributed by atoms with E-state index in [1.165, 1.54) is 97.8 Å². The summed E-state index contributed by atoms with van der Waals surface area (Å²) in [5.74, 6) is 0. The Morgan fingerprint density at radius 2 is 0.918 bits per heavy atom. The van der Waals surface area contributed by atoms with E-state index in [0.29, 0.717) is 0 Å². The first kappa shape index (κ1) is 27.0. The normalized spacial score (nSPS) is 12.4. The van der Waals surface area contributed by atoms with E-state index in [9.17, 15) is 0 Å². The van der Waals surface area contributed by atoms with Gasteiger partial charge in [0.05, 0.1) is 22.1 Å². The molecule has 11 rings (SSSR count). The van der Waals surface area contributed by atoms with Crippen LogP contribution in [0.25, 0.3) is 88.0 Å². The Kier molecular flexibility index (Phi) is 5.63. The second-order valence-corrected chi connectivity index (χ2v) is 14.0. The first-order chi connectivity index (χ1) is 24.3. The zero-order valence-corrected chi connectivity index (χ0v) is 27.3. The molecule has 0 unspecified atom stereocenters. The molecule has 0 radical (unpaired) electrons. The minimum absolute atomic E-state index is 1.17. The van der Waals surface area contributed by atoms with E-state index in [0.717, 1.165) is 0 Å². The lowest BCUT2D eigenvalue weighted by molar-refractivity contribution is 1.18. The molecule has 0 spiro atoms. The van der Waals surface area contributed by atoms with Gasteiger partial charge in [0.2, 0.25) is 0 Å². The fourth-order valence-corrected chi connectivity index (χ4v) is 9.31. The quantitative estimate of drug-likeness (QED) is 0.187. The number of nitrogens with zero attached hydrogens (tertiary/aromatic N) is 2. The van der Waals surface area contributed by atoms with Crippen LogP contribution in [0, 0.1) is 0 Å². The van der Waals surface area contributed by atoms with Gasteiger partial charge in [0.25, 0.3) is 0 Å². The van der Waals surface area contributed by atoms with Gasteiger partial charge in [-0.3, -0.25) is 0 Å². The summed E-state index contributed by atoms with van der Waals surface area (Å²) in [4.78, 5) is 2.62. The molecule has 0 bridgehead atoms. The molecule has 0 saturated carbocycles. The Morgan fingerprint density at radius 3 is 1.69 bits per heavy atom. The summed E-state index contributed by atoms with van der Waals surface area (Å²) in [6.45, 7) is 0. The van der Waals surface area contributed by atoms with E-state index in [4.69, 9.17) is 0 Å². The Bertz CT molecular complexity index is 2950. The number of hydrogen-bond acceptors (Lipinski definition) is 1. The molecule has 0 fully saturated rings. The number of fused-ring (bicyclic) bond motifs is 9. The Hall–Kier alpha value is -6.03. The van der Waals surface area contributed by atoms with Crippen molar-refractivity contribution in [1.29, 1.82) is 0 Å². The molecule has 2 aromatic heterocycles. The smallest absolute Gasteiger partial charge is 0.0553 e. The van der Waals surface area contributed by atoms with Gasteiger partial charge in [-0.25, -0.2) is 0 Å². The van der Waals surface area contributed by atoms with Gasteiger partial charge in [0.1, 0.15) is 0 Å². The van der Waals surface area contributed by atoms with Crippen LogP contribution in [-0.2, 0) is 0 Å². The van der Waals surface area contributed by atoms with Crippen molar-refractivity contribution in [3.05, 3.63) is 170 Å². The van der Waals surface area contributed by atoms with Crippen LogP contribution in [0.1, 0.15) is 0 Å². The molecule has 0 amide bonds. The SMILES string of the molecule is c1ccc(-n2c3ccccc3c3ccc(-c4ccc5c(c4)-c4cc6c(c7cccc(c47)S5)c4ccccc4n6-c4ccccc4)cc32)cc1. The minimum atomic E-state index is 1.17. The van der Waals surface area contributed by atoms with Crippen molar-refractivity contribution in [2.45, 2.75) is 9.79 Å². The predicted octanol–water partition coefficient (Wildman–Crippen LogP) is 12.8. The van der Waals surface area contributed by atoms with Gasteiger partial charge in [0, 0.05) is 48.1 Å². The number of benzene rings is 8. The number of para-hydroxylation sites is 4. The van der Waals surface area contributed by atoms with E-state index in [1.807, 2.05) is 11.8 Å². The summed E-state index contributed by atoms with van der Waals surface area (Å²) in [5.41, 5.74) is 12.3. The van der Waals surface area contributed by atoms with Gasteiger partial charge < -0.3 is 9.13 Å². The van der Waals surface area contributed by atoms with Crippen molar-refractivity contribution in [2.24, 2.45) is 0 Å². The maximum atomic E-state index is 2.45. The third kappa shape index (κ3) is 3.85. The Balaban J connectivity index is 1.17. The van der Waals surface area contributed by atoms with Crippen LogP contribution >= 0.6 is 11.8 Å². The molecule has 3 heteroatoms. The first-order valence-corrected chi connectivity index (χ1v) is 17.6. The number of aromatic nitrogens is 2. The van der Waals surface area contributed by atoms with Crippen molar-refractivity contribution in [1.82, 2.24) is 9.13 Å². The predicted molar refractivity (Wildman–Crippen MR) is 208 cm³/mol. The topological polar surface area (TPSA) is 9.86 Å². The van der Waals surface area contributed by atoms with E-state index in [1.54, 1.807) is 0 Å². The van der Waals surface area contributed by atoms with Gasteiger partial charge in [-0.1, -0.05) is 115 Å². The summed E-state index contributed by atoms with van der Waals surface area (Å²) < 4.78 is 4.84. The van der Waals surface area contributed by atoms with Gasteiger partial charge in [0.15, 0.2) is 0 Å². The Labute approximate surface area is 287 Å². The minimum Gasteiger partial charge on any atom is -0.309 e. The molecular formula is C46H28N2S. The standard InChI is InChI=1S/C46H28N2S/c1-3-12-31(13-4-1)47-39-19-9-7-16-33(39)34-24-22-30(27-41(34)47)29-23-25-43-37(26-29)38-28-42-45(36-18-11-21-44(49-43)46(36)38)35-17-8-10-20-40(35)48(42)32-14-5-2-6-15-32/h1-28H. The highest BCUT2D eigenvalue weighted by Gasteiger charge is 2.24. The highest BCUT2D eigenvalue weighted by Crippen LogP contribution is 2.52. The molecule has 1 aliphatic heterocycles. The summed E-state index contributed by atoms with van der Waals surface area (Å²) in [5, 5.41) is 7.81. The molecule has 0 aliphatic carbocycles. The molecule has 10 aromatic rings.